The van der Waals surface area contributed by atoms with Gasteiger partial charge in [0.05, 0.1) is 0 Å². The molecular formula is C22H26N2O. The van der Waals surface area contributed by atoms with E-state index in [0.717, 1.165) is 18.5 Å². The molecule has 0 bridgehead atoms. The summed E-state index contributed by atoms with van der Waals surface area (Å²) in [6.07, 6.45) is 3.47. The van der Waals surface area contributed by atoms with Crippen molar-refractivity contribution in [2.24, 2.45) is 0 Å². The van der Waals surface area contributed by atoms with Gasteiger partial charge in [0, 0.05) is 36.0 Å². The predicted molar refractivity (Wildman–Crippen MR) is 104 cm³/mol. The summed E-state index contributed by atoms with van der Waals surface area (Å²) in [5, 5.41) is 4.21. The van der Waals surface area contributed by atoms with Crippen molar-refractivity contribution in [2.75, 3.05) is 6.54 Å². The molecule has 0 radical (unpaired) electrons. The molecule has 0 fully saturated rings. The number of carbonyl (C=O) groups excluding carboxylic acids is 1. The van der Waals surface area contributed by atoms with Gasteiger partial charge in [-0.05, 0) is 43.0 Å². The van der Waals surface area contributed by atoms with Gasteiger partial charge in [0.25, 0.3) is 0 Å². The van der Waals surface area contributed by atoms with E-state index in [-0.39, 0.29) is 11.8 Å². The number of rotatable bonds is 6. The van der Waals surface area contributed by atoms with E-state index in [9.17, 15) is 4.79 Å². The van der Waals surface area contributed by atoms with Gasteiger partial charge < -0.3 is 10.3 Å². The maximum absolute atomic E-state index is 12.5. The second kappa shape index (κ2) is 7.56. The van der Waals surface area contributed by atoms with Crippen LogP contribution in [0.3, 0.4) is 0 Å². The van der Waals surface area contributed by atoms with Crippen molar-refractivity contribution in [3.05, 3.63) is 70.9 Å². The van der Waals surface area contributed by atoms with E-state index < -0.39 is 0 Å². The maximum atomic E-state index is 12.5. The number of para-hydroxylation sites is 1. The Bertz CT molecular complexity index is 879. The normalized spacial score (nSPS) is 12.3. The minimum Gasteiger partial charge on any atom is -0.361 e. The molecule has 130 valence electrons. The Kier molecular flexibility index (Phi) is 5.22. The lowest BCUT2D eigenvalue weighted by Crippen LogP contribution is -2.26. The summed E-state index contributed by atoms with van der Waals surface area (Å²) in [5.74, 6) is 0.158. The van der Waals surface area contributed by atoms with E-state index in [0.29, 0.717) is 6.42 Å². The number of nitrogens with one attached hydrogen (secondary N) is 2. The molecule has 3 heteroatoms. The van der Waals surface area contributed by atoms with Crippen molar-refractivity contribution in [1.29, 1.82) is 0 Å². The van der Waals surface area contributed by atoms with Gasteiger partial charge in [-0.2, -0.15) is 0 Å². The number of hydrogen-bond donors (Lipinski definition) is 2. The first-order valence-corrected chi connectivity index (χ1v) is 9.00. The van der Waals surface area contributed by atoms with Gasteiger partial charge in [-0.15, -0.1) is 0 Å². The number of H-pyrrole nitrogens is 1. The van der Waals surface area contributed by atoms with Crippen LogP contribution in [-0.4, -0.2) is 17.4 Å². The zero-order valence-corrected chi connectivity index (χ0v) is 15.2. The van der Waals surface area contributed by atoms with Gasteiger partial charge in [0.2, 0.25) is 5.91 Å². The van der Waals surface area contributed by atoms with Crippen LogP contribution in [0.5, 0.6) is 0 Å². The van der Waals surface area contributed by atoms with Gasteiger partial charge in [-0.25, -0.2) is 0 Å². The van der Waals surface area contributed by atoms with Crippen LogP contribution in [0.2, 0.25) is 0 Å². The molecule has 3 rings (SSSR count). The van der Waals surface area contributed by atoms with Gasteiger partial charge in [0.15, 0.2) is 0 Å². The van der Waals surface area contributed by atoms with Crippen LogP contribution in [0.1, 0.15) is 47.9 Å². The first-order valence-electron chi connectivity index (χ1n) is 9.00. The average molecular weight is 334 g/mol. The van der Waals surface area contributed by atoms with Crippen molar-refractivity contribution in [3.63, 3.8) is 0 Å². The summed E-state index contributed by atoms with van der Waals surface area (Å²) in [7, 11) is 0. The van der Waals surface area contributed by atoms with Gasteiger partial charge in [-0.1, -0.05) is 48.9 Å². The molecule has 1 heterocycles. The third-order valence-electron chi connectivity index (χ3n) is 4.76. The maximum Gasteiger partial charge on any atom is 0.220 e. The molecule has 2 aromatic carbocycles. The second-order valence-corrected chi connectivity index (χ2v) is 6.76. The van der Waals surface area contributed by atoms with Crippen molar-refractivity contribution >= 4 is 16.8 Å². The molecular weight excluding hydrogens is 308 g/mol. The lowest BCUT2D eigenvalue weighted by atomic mass is 9.85. The zero-order valence-electron chi connectivity index (χ0n) is 15.2. The van der Waals surface area contributed by atoms with Crippen molar-refractivity contribution < 1.29 is 4.79 Å². The predicted octanol–water partition coefficient (Wildman–Crippen LogP) is 4.83. The first kappa shape index (κ1) is 17.3. The average Bonchev–Trinajstić information content (AvgIpc) is 3.02. The number of fused-ring (bicyclic) bond motifs is 1. The molecule has 0 aliphatic carbocycles. The van der Waals surface area contributed by atoms with E-state index in [1.807, 2.05) is 6.07 Å². The molecule has 0 spiro atoms. The molecule has 3 aromatic rings. The van der Waals surface area contributed by atoms with Crippen molar-refractivity contribution in [3.8, 4) is 0 Å². The summed E-state index contributed by atoms with van der Waals surface area (Å²) in [5.41, 5.74) is 6.00. The number of aromatic amines is 1. The van der Waals surface area contributed by atoms with E-state index in [2.05, 4.69) is 73.7 Å². The number of hydrogen-bond acceptors (Lipinski definition) is 1. The van der Waals surface area contributed by atoms with Crippen LogP contribution in [0.15, 0.2) is 48.7 Å². The number of amides is 1. The summed E-state index contributed by atoms with van der Waals surface area (Å²) in [6, 6.07) is 14.8. The third-order valence-corrected chi connectivity index (χ3v) is 4.76. The fraction of sp³-hybridized carbons (Fsp3) is 0.318. The molecule has 0 aliphatic rings. The highest BCUT2D eigenvalue weighted by Gasteiger charge is 2.22. The lowest BCUT2D eigenvalue weighted by Gasteiger charge is -2.20. The second-order valence-electron chi connectivity index (χ2n) is 6.76. The summed E-state index contributed by atoms with van der Waals surface area (Å²) < 4.78 is 0. The Morgan fingerprint density at radius 2 is 1.92 bits per heavy atom. The van der Waals surface area contributed by atoms with Crippen molar-refractivity contribution in [2.45, 2.75) is 39.5 Å². The Morgan fingerprint density at radius 1 is 1.12 bits per heavy atom. The van der Waals surface area contributed by atoms with E-state index >= 15 is 0 Å². The molecule has 3 nitrogen and oxygen atoms in total. The smallest absolute Gasteiger partial charge is 0.220 e. The summed E-state index contributed by atoms with van der Waals surface area (Å²) in [4.78, 5) is 15.8. The Labute approximate surface area is 149 Å². The number of aromatic nitrogens is 1. The fourth-order valence-electron chi connectivity index (χ4n) is 3.51. The molecule has 2 N–H and O–H groups in total. The molecule has 0 unspecified atom stereocenters. The van der Waals surface area contributed by atoms with Crippen LogP contribution in [0.25, 0.3) is 10.9 Å². The summed E-state index contributed by atoms with van der Waals surface area (Å²) >= 11 is 0. The standard InChI is InChI=1S/C22H26N2O/c1-4-11-23-22(25)13-19(17-10-9-15(2)12-16(17)3)20-14-24-21-8-6-5-7-18(20)21/h5-10,12,14,19,24H,4,11,13H2,1-3H3,(H,23,25)/t19-/m1/s1. The summed E-state index contributed by atoms with van der Waals surface area (Å²) in [6.45, 7) is 7.04. The minimum atomic E-state index is 0.0496. The molecule has 0 aliphatic heterocycles. The molecule has 25 heavy (non-hydrogen) atoms. The Hall–Kier alpha value is -2.55. The molecule has 1 atom stereocenters. The van der Waals surface area contributed by atoms with Crippen LogP contribution in [0, 0.1) is 13.8 Å². The number of carbonyl (C=O) groups is 1. The number of benzene rings is 2. The van der Waals surface area contributed by atoms with Crippen LogP contribution in [-0.2, 0) is 4.79 Å². The largest absolute Gasteiger partial charge is 0.361 e. The zero-order chi connectivity index (χ0) is 17.8. The molecule has 0 saturated carbocycles. The molecule has 0 saturated heterocycles. The highest BCUT2D eigenvalue weighted by atomic mass is 16.1. The van der Waals surface area contributed by atoms with Crippen molar-refractivity contribution in [1.82, 2.24) is 10.3 Å². The third kappa shape index (κ3) is 3.76. The fourth-order valence-corrected chi connectivity index (χ4v) is 3.51. The SMILES string of the molecule is CCCNC(=O)C[C@H](c1ccc(C)cc1C)c1c[nH]c2ccccc12. The van der Waals surface area contributed by atoms with E-state index in [4.69, 9.17) is 0 Å². The minimum absolute atomic E-state index is 0.0496. The lowest BCUT2D eigenvalue weighted by molar-refractivity contribution is -0.121. The van der Waals surface area contributed by atoms with Crippen LogP contribution < -0.4 is 5.32 Å². The van der Waals surface area contributed by atoms with Gasteiger partial charge in [-0.3, -0.25) is 4.79 Å². The quantitative estimate of drug-likeness (QED) is 0.666. The monoisotopic (exact) mass is 334 g/mol. The highest BCUT2D eigenvalue weighted by molar-refractivity contribution is 5.86. The highest BCUT2D eigenvalue weighted by Crippen LogP contribution is 2.35. The van der Waals surface area contributed by atoms with Gasteiger partial charge in [0.1, 0.15) is 0 Å². The Morgan fingerprint density at radius 3 is 2.68 bits per heavy atom. The number of aryl methyl sites for hydroxylation is 2. The Balaban J connectivity index is 2.03. The molecule has 1 amide bonds. The van der Waals surface area contributed by atoms with Crippen LogP contribution in [0.4, 0.5) is 0 Å². The first-order chi connectivity index (χ1) is 12.1. The topological polar surface area (TPSA) is 44.9 Å². The van der Waals surface area contributed by atoms with E-state index in [1.165, 1.54) is 27.6 Å². The van der Waals surface area contributed by atoms with E-state index in [1.54, 1.807) is 0 Å². The molecule has 1 aromatic heterocycles. The van der Waals surface area contributed by atoms with Gasteiger partial charge >= 0.3 is 0 Å². The van der Waals surface area contributed by atoms with Crippen LogP contribution >= 0.6 is 0 Å².